The number of piperidine rings is 1. The van der Waals surface area contributed by atoms with E-state index in [4.69, 9.17) is 0 Å². The number of benzene rings is 1. The van der Waals surface area contributed by atoms with Crippen molar-refractivity contribution in [3.05, 3.63) is 45.2 Å². The Labute approximate surface area is 193 Å². The summed E-state index contributed by atoms with van der Waals surface area (Å²) in [5.41, 5.74) is 2.29. The van der Waals surface area contributed by atoms with Crippen LogP contribution in [0.25, 0.3) is 10.3 Å². The lowest BCUT2D eigenvalue weighted by molar-refractivity contribution is -0.274. The van der Waals surface area contributed by atoms with Gasteiger partial charge in [0.05, 0.1) is 10.7 Å². The molecule has 11 heteroatoms. The zero-order chi connectivity index (χ0) is 24.2. The van der Waals surface area contributed by atoms with Crippen LogP contribution in [0.4, 0.5) is 24.5 Å². The molecule has 0 unspecified atom stereocenters. The molecule has 1 aliphatic heterocycles. The molecule has 0 aliphatic carbocycles. The van der Waals surface area contributed by atoms with Crippen molar-refractivity contribution >= 4 is 33.1 Å². The Hall–Kier alpha value is -3.26. The number of pyridine rings is 1. The summed E-state index contributed by atoms with van der Waals surface area (Å²) in [6.45, 7) is 3.72. The average molecular weight is 480 g/mol. The molecule has 0 atom stereocenters. The molecular weight excluding hydrogens is 455 g/mol. The fourth-order valence-electron chi connectivity index (χ4n) is 3.63. The number of alkyl halides is 3. The van der Waals surface area contributed by atoms with Crippen LogP contribution in [0.5, 0.6) is 5.75 Å². The van der Waals surface area contributed by atoms with Crippen molar-refractivity contribution in [2.45, 2.75) is 32.5 Å². The number of nitrogens with zero attached hydrogens (tertiary/aromatic N) is 4. The third kappa shape index (κ3) is 5.76. The van der Waals surface area contributed by atoms with Gasteiger partial charge in [0, 0.05) is 32.9 Å². The van der Waals surface area contributed by atoms with Gasteiger partial charge in [-0.2, -0.15) is 5.26 Å². The Morgan fingerprint density at radius 2 is 1.82 bits per heavy atom. The van der Waals surface area contributed by atoms with E-state index >= 15 is 0 Å². The maximum atomic E-state index is 12.4. The summed E-state index contributed by atoms with van der Waals surface area (Å²) in [6, 6.07) is 7.59. The van der Waals surface area contributed by atoms with Crippen LogP contribution in [0.2, 0.25) is 0 Å². The van der Waals surface area contributed by atoms with Crippen molar-refractivity contribution < 1.29 is 17.9 Å². The number of ether oxygens (including phenoxy) is 1. The highest BCUT2D eigenvalue weighted by Crippen LogP contribution is 2.32. The molecule has 1 fully saturated rings. The number of nitriles is 1. The summed E-state index contributed by atoms with van der Waals surface area (Å²) < 4.78 is 40.3. The summed E-state index contributed by atoms with van der Waals surface area (Å²) in [5, 5.41) is 13.1. The van der Waals surface area contributed by atoms with Gasteiger partial charge in [0.25, 0.3) is 5.56 Å². The van der Waals surface area contributed by atoms with Crippen LogP contribution in [0.3, 0.4) is 0 Å². The van der Waals surface area contributed by atoms with Crippen molar-refractivity contribution in [3.63, 3.8) is 0 Å². The van der Waals surface area contributed by atoms with Crippen molar-refractivity contribution in [2.24, 2.45) is 7.05 Å². The Bertz CT molecular complexity index is 1210. The highest BCUT2D eigenvalue weighted by atomic mass is 32.1. The molecule has 0 amide bonds. The first-order valence-electron chi connectivity index (χ1n) is 10.3. The number of hydrogen-bond donors (Lipinski definition) is 1. The van der Waals surface area contributed by atoms with Gasteiger partial charge in [0.2, 0.25) is 0 Å². The predicted octanol–water partition coefficient (Wildman–Crippen LogP) is 4.79. The SMILES string of the molecule is CNc1ccc(OC(F)(F)F)cc1.Cc1nc2c(N3CCCCC3)c(C#N)c(=O)n(C)c2s1. The maximum absolute atomic E-state index is 12.4. The van der Waals surface area contributed by atoms with Gasteiger partial charge in [0.1, 0.15) is 27.7 Å². The van der Waals surface area contributed by atoms with Gasteiger partial charge < -0.3 is 19.5 Å². The highest BCUT2D eigenvalue weighted by molar-refractivity contribution is 7.18. The standard InChI is InChI=1S/C14H16N4OS.C8H8F3NO/c1-9-16-11-12(18-6-4-3-5-7-18)10(8-15)13(19)17(2)14(11)20-9;1-12-6-2-4-7(5-3-6)13-8(9,10)11/h3-7H2,1-2H3;2-5,12H,1H3. The van der Waals surface area contributed by atoms with Gasteiger partial charge in [-0.3, -0.25) is 4.79 Å². The molecule has 1 aliphatic rings. The van der Waals surface area contributed by atoms with Crippen molar-refractivity contribution in [1.29, 1.82) is 5.26 Å². The number of thiazole rings is 1. The van der Waals surface area contributed by atoms with E-state index in [0.717, 1.165) is 52.7 Å². The molecule has 1 saturated heterocycles. The van der Waals surface area contributed by atoms with Gasteiger partial charge in [-0.25, -0.2) is 4.98 Å². The number of nitrogens with one attached hydrogen (secondary N) is 1. The van der Waals surface area contributed by atoms with Crippen LogP contribution >= 0.6 is 11.3 Å². The molecule has 33 heavy (non-hydrogen) atoms. The largest absolute Gasteiger partial charge is 0.573 e. The zero-order valence-corrected chi connectivity index (χ0v) is 19.3. The molecule has 1 aromatic carbocycles. The molecule has 7 nitrogen and oxygen atoms in total. The van der Waals surface area contributed by atoms with Gasteiger partial charge in [0.15, 0.2) is 0 Å². The Kier molecular flexibility index (Phi) is 7.48. The van der Waals surface area contributed by atoms with Crippen LogP contribution in [-0.4, -0.2) is 36.1 Å². The smallest absolute Gasteiger partial charge is 0.406 e. The molecule has 0 bridgehead atoms. The normalized spacial score (nSPS) is 13.8. The number of fused-ring (bicyclic) bond motifs is 1. The Morgan fingerprint density at radius 3 is 2.36 bits per heavy atom. The molecular formula is C22H24F3N5O2S. The van der Waals surface area contributed by atoms with E-state index in [1.807, 2.05) is 6.92 Å². The molecule has 176 valence electrons. The summed E-state index contributed by atoms with van der Waals surface area (Å²) in [7, 11) is 3.39. The minimum absolute atomic E-state index is 0.216. The number of aromatic nitrogens is 2. The van der Waals surface area contributed by atoms with E-state index in [-0.39, 0.29) is 16.9 Å². The minimum Gasteiger partial charge on any atom is -0.406 e. The second kappa shape index (κ2) is 10.1. The fourth-order valence-corrected chi connectivity index (χ4v) is 4.50. The van der Waals surface area contributed by atoms with Crippen LogP contribution in [0, 0.1) is 18.3 Å². The molecule has 3 heterocycles. The molecule has 1 N–H and O–H groups in total. The molecule has 0 saturated carbocycles. The first-order valence-corrected chi connectivity index (χ1v) is 11.1. The zero-order valence-electron chi connectivity index (χ0n) is 18.5. The van der Waals surface area contributed by atoms with E-state index < -0.39 is 6.36 Å². The van der Waals surface area contributed by atoms with Crippen LogP contribution in [0.1, 0.15) is 29.8 Å². The molecule has 4 rings (SSSR count). The average Bonchev–Trinajstić information content (AvgIpc) is 3.18. The lowest BCUT2D eigenvalue weighted by Crippen LogP contribution is -2.33. The summed E-state index contributed by atoms with van der Waals surface area (Å²) in [6.07, 6.45) is -1.21. The molecule has 3 aromatic rings. The van der Waals surface area contributed by atoms with E-state index in [2.05, 4.69) is 26.0 Å². The van der Waals surface area contributed by atoms with E-state index in [9.17, 15) is 23.2 Å². The lowest BCUT2D eigenvalue weighted by Gasteiger charge is -2.29. The topological polar surface area (TPSA) is 83.2 Å². The van der Waals surface area contributed by atoms with Gasteiger partial charge in [-0.05, 0) is 50.5 Å². The van der Waals surface area contributed by atoms with E-state index in [0.29, 0.717) is 0 Å². The summed E-state index contributed by atoms with van der Waals surface area (Å²) in [4.78, 5) is 20.0. The third-order valence-corrected chi connectivity index (χ3v) is 6.21. The van der Waals surface area contributed by atoms with Gasteiger partial charge in [-0.1, -0.05) is 0 Å². The molecule has 0 spiro atoms. The summed E-state index contributed by atoms with van der Waals surface area (Å²) in [5.74, 6) is -0.216. The molecule has 0 radical (unpaired) electrons. The first kappa shape index (κ1) is 24.4. The van der Waals surface area contributed by atoms with E-state index in [1.165, 1.54) is 42.0 Å². The Morgan fingerprint density at radius 1 is 1.18 bits per heavy atom. The number of rotatable bonds is 3. The minimum atomic E-state index is -4.62. The number of aryl methyl sites for hydroxylation is 2. The number of anilines is 2. The van der Waals surface area contributed by atoms with Crippen LogP contribution in [0.15, 0.2) is 29.1 Å². The van der Waals surface area contributed by atoms with Crippen molar-refractivity contribution in [3.8, 4) is 11.8 Å². The van der Waals surface area contributed by atoms with Crippen LogP contribution in [-0.2, 0) is 7.05 Å². The first-order chi connectivity index (χ1) is 15.6. The monoisotopic (exact) mass is 479 g/mol. The predicted molar refractivity (Wildman–Crippen MR) is 123 cm³/mol. The summed E-state index contributed by atoms with van der Waals surface area (Å²) >= 11 is 1.51. The third-order valence-electron chi connectivity index (χ3n) is 5.16. The van der Waals surface area contributed by atoms with E-state index in [1.54, 1.807) is 18.7 Å². The molecule has 2 aromatic heterocycles. The Balaban J connectivity index is 0.000000205. The van der Waals surface area contributed by atoms with Gasteiger partial charge >= 0.3 is 6.36 Å². The maximum Gasteiger partial charge on any atom is 0.573 e. The second-order valence-corrected chi connectivity index (χ2v) is 8.64. The number of hydrogen-bond acceptors (Lipinski definition) is 7. The second-order valence-electron chi connectivity index (χ2n) is 7.46. The number of halogens is 3. The lowest BCUT2D eigenvalue weighted by atomic mass is 10.1. The van der Waals surface area contributed by atoms with Gasteiger partial charge in [-0.15, -0.1) is 24.5 Å². The van der Waals surface area contributed by atoms with Crippen molar-refractivity contribution in [1.82, 2.24) is 9.55 Å². The van der Waals surface area contributed by atoms with Crippen molar-refractivity contribution in [2.75, 3.05) is 30.4 Å². The highest BCUT2D eigenvalue weighted by Gasteiger charge is 2.31. The van der Waals surface area contributed by atoms with Crippen LogP contribution < -0.4 is 20.5 Å². The quantitative estimate of drug-likeness (QED) is 0.582. The fraction of sp³-hybridized carbons (Fsp3) is 0.409.